The predicted octanol–water partition coefficient (Wildman–Crippen LogP) is 2.41. The molecule has 0 aliphatic heterocycles. The Morgan fingerprint density at radius 2 is 1.62 bits per heavy atom. The lowest BCUT2D eigenvalue weighted by Crippen LogP contribution is -2.18. The summed E-state index contributed by atoms with van der Waals surface area (Å²) in [6.45, 7) is 0.0957. The summed E-state index contributed by atoms with van der Waals surface area (Å²) >= 11 is 0. The minimum Gasteiger partial charge on any atom is -0.461 e. The van der Waals surface area contributed by atoms with Gasteiger partial charge in [-0.25, -0.2) is 17.5 Å². The van der Waals surface area contributed by atoms with Crippen molar-refractivity contribution < 1.29 is 22.3 Å². The predicted molar refractivity (Wildman–Crippen MR) is 87.2 cm³/mol. The van der Waals surface area contributed by atoms with Crippen LogP contribution >= 0.6 is 0 Å². The van der Waals surface area contributed by atoms with E-state index in [4.69, 9.17) is 4.74 Å². The van der Waals surface area contributed by atoms with Crippen LogP contribution in [0.25, 0.3) is 0 Å². The van der Waals surface area contributed by atoms with Gasteiger partial charge in [0.1, 0.15) is 12.4 Å². The smallest absolute Gasteiger partial charge is 0.306 e. The first-order valence-corrected chi connectivity index (χ1v) is 8.81. The van der Waals surface area contributed by atoms with Crippen molar-refractivity contribution in [2.45, 2.75) is 24.3 Å². The number of carbonyl (C=O) groups excluding carboxylic acids is 1. The number of carbonyl (C=O) groups is 1. The standard InChI is InChI=1S/C17H18FNO4S/c1-19-24(21,22)16-9-4-13(5-10-16)6-11-17(20)23-12-14-2-7-15(18)8-3-14/h2-5,7-10,19H,6,11-12H2,1H3. The van der Waals surface area contributed by atoms with E-state index in [1.807, 2.05) is 0 Å². The highest BCUT2D eigenvalue weighted by molar-refractivity contribution is 7.89. The first-order chi connectivity index (χ1) is 11.4. The maximum atomic E-state index is 12.8. The van der Waals surface area contributed by atoms with E-state index in [1.165, 1.54) is 31.3 Å². The lowest BCUT2D eigenvalue weighted by molar-refractivity contribution is -0.144. The van der Waals surface area contributed by atoms with Crippen LogP contribution in [0.15, 0.2) is 53.4 Å². The molecule has 5 nitrogen and oxygen atoms in total. The summed E-state index contributed by atoms with van der Waals surface area (Å²) < 4.78 is 43.3. The summed E-state index contributed by atoms with van der Waals surface area (Å²) in [6.07, 6.45) is 0.626. The van der Waals surface area contributed by atoms with Crippen molar-refractivity contribution in [2.24, 2.45) is 0 Å². The molecule has 0 saturated heterocycles. The van der Waals surface area contributed by atoms with Gasteiger partial charge in [-0.3, -0.25) is 4.79 Å². The molecule has 0 bridgehead atoms. The van der Waals surface area contributed by atoms with E-state index >= 15 is 0 Å². The van der Waals surface area contributed by atoms with Gasteiger partial charge in [-0.15, -0.1) is 0 Å². The third kappa shape index (κ3) is 5.14. The monoisotopic (exact) mass is 351 g/mol. The molecule has 128 valence electrons. The number of aryl methyl sites for hydroxylation is 1. The van der Waals surface area contributed by atoms with Gasteiger partial charge in [0.25, 0.3) is 0 Å². The second-order valence-corrected chi connectivity index (χ2v) is 7.03. The Labute approximate surface area is 140 Å². The van der Waals surface area contributed by atoms with Crippen molar-refractivity contribution in [3.63, 3.8) is 0 Å². The number of sulfonamides is 1. The highest BCUT2D eigenvalue weighted by atomic mass is 32.2. The molecule has 0 unspecified atom stereocenters. The van der Waals surface area contributed by atoms with Crippen LogP contribution in [0.3, 0.4) is 0 Å². The Balaban J connectivity index is 1.82. The first kappa shape index (κ1) is 18.1. The number of hydrogen-bond donors (Lipinski definition) is 1. The zero-order valence-electron chi connectivity index (χ0n) is 13.2. The largest absolute Gasteiger partial charge is 0.461 e. The number of ether oxygens (including phenoxy) is 1. The van der Waals surface area contributed by atoms with E-state index in [0.29, 0.717) is 12.0 Å². The zero-order chi connectivity index (χ0) is 17.6. The van der Waals surface area contributed by atoms with Crippen molar-refractivity contribution in [2.75, 3.05) is 7.05 Å². The average Bonchev–Trinajstić information content (AvgIpc) is 2.60. The van der Waals surface area contributed by atoms with Crippen LogP contribution < -0.4 is 4.72 Å². The highest BCUT2D eigenvalue weighted by Crippen LogP contribution is 2.12. The Bertz CT molecular complexity index is 786. The molecule has 1 N–H and O–H groups in total. The Kier molecular flexibility index (Phi) is 6.05. The van der Waals surface area contributed by atoms with Gasteiger partial charge >= 0.3 is 5.97 Å². The molecule has 0 saturated carbocycles. The van der Waals surface area contributed by atoms with Crippen LogP contribution in [0, 0.1) is 5.82 Å². The minimum absolute atomic E-state index is 0.0957. The maximum absolute atomic E-state index is 12.8. The lowest BCUT2D eigenvalue weighted by atomic mass is 10.1. The second-order valence-electron chi connectivity index (χ2n) is 5.14. The van der Waals surface area contributed by atoms with Gasteiger partial charge in [-0.1, -0.05) is 24.3 Å². The Morgan fingerprint density at radius 3 is 2.21 bits per heavy atom. The number of rotatable bonds is 7. The summed E-state index contributed by atoms with van der Waals surface area (Å²) in [6, 6.07) is 12.0. The SMILES string of the molecule is CNS(=O)(=O)c1ccc(CCC(=O)OCc2ccc(F)cc2)cc1. The number of halogens is 1. The molecule has 0 aliphatic rings. The van der Waals surface area contributed by atoms with E-state index < -0.39 is 10.0 Å². The van der Waals surface area contributed by atoms with E-state index in [-0.39, 0.29) is 29.7 Å². The van der Waals surface area contributed by atoms with E-state index in [1.54, 1.807) is 24.3 Å². The number of esters is 1. The molecule has 0 radical (unpaired) electrons. The molecule has 7 heteroatoms. The number of nitrogens with one attached hydrogen (secondary N) is 1. The summed E-state index contributed by atoms with van der Waals surface area (Å²) in [5.74, 6) is -0.708. The van der Waals surface area contributed by atoms with E-state index in [2.05, 4.69) is 4.72 Å². The molecule has 0 heterocycles. The molecule has 0 aromatic heterocycles. The average molecular weight is 351 g/mol. The third-order valence-corrected chi connectivity index (χ3v) is 4.86. The molecule has 0 amide bonds. The van der Waals surface area contributed by atoms with Gasteiger partial charge in [0, 0.05) is 6.42 Å². The molecule has 0 spiro atoms. The molecule has 0 atom stereocenters. The molecule has 0 aliphatic carbocycles. The Morgan fingerprint density at radius 1 is 1.04 bits per heavy atom. The van der Waals surface area contributed by atoms with Crippen molar-refractivity contribution in [3.8, 4) is 0 Å². The van der Waals surface area contributed by atoms with E-state index in [0.717, 1.165) is 5.56 Å². The van der Waals surface area contributed by atoms with Crippen LogP contribution in [0.4, 0.5) is 4.39 Å². The summed E-state index contributed by atoms with van der Waals surface area (Å²) in [7, 11) is -2.11. The maximum Gasteiger partial charge on any atom is 0.306 e. The number of hydrogen-bond acceptors (Lipinski definition) is 4. The van der Waals surface area contributed by atoms with E-state index in [9.17, 15) is 17.6 Å². The third-order valence-electron chi connectivity index (χ3n) is 3.43. The van der Waals surface area contributed by atoms with Crippen LogP contribution in [0.1, 0.15) is 17.5 Å². The summed E-state index contributed by atoms with van der Waals surface area (Å²) in [4.78, 5) is 11.9. The molecular weight excluding hydrogens is 333 g/mol. The summed E-state index contributed by atoms with van der Waals surface area (Å²) in [5, 5.41) is 0. The minimum atomic E-state index is -3.46. The fourth-order valence-corrected chi connectivity index (χ4v) is 2.75. The topological polar surface area (TPSA) is 72.5 Å². The van der Waals surface area contributed by atoms with Crippen molar-refractivity contribution >= 4 is 16.0 Å². The lowest BCUT2D eigenvalue weighted by Gasteiger charge is -2.06. The van der Waals surface area contributed by atoms with Crippen LogP contribution in [-0.4, -0.2) is 21.4 Å². The molecule has 2 aromatic rings. The highest BCUT2D eigenvalue weighted by Gasteiger charge is 2.11. The fraction of sp³-hybridized carbons (Fsp3) is 0.235. The van der Waals surface area contributed by atoms with Crippen LogP contribution in [-0.2, 0) is 32.6 Å². The van der Waals surface area contributed by atoms with Crippen LogP contribution in [0.5, 0.6) is 0 Å². The second kappa shape index (κ2) is 8.03. The van der Waals surface area contributed by atoms with Gasteiger partial charge in [0.2, 0.25) is 10.0 Å². The molecule has 24 heavy (non-hydrogen) atoms. The molecule has 2 aromatic carbocycles. The van der Waals surface area contributed by atoms with Crippen molar-refractivity contribution in [3.05, 3.63) is 65.5 Å². The van der Waals surface area contributed by atoms with Gasteiger partial charge in [0.05, 0.1) is 4.90 Å². The van der Waals surface area contributed by atoms with Gasteiger partial charge in [-0.2, -0.15) is 0 Å². The van der Waals surface area contributed by atoms with Crippen molar-refractivity contribution in [1.82, 2.24) is 4.72 Å². The quantitative estimate of drug-likeness (QED) is 0.778. The van der Waals surface area contributed by atoms with Gasteiger partial charge in [-0.05, 0) is 48.9 Å². The zero-order valence-corrected chi connectivity index (χ0v) is 14.0. The Hall–Kier alpha value is -2.25. The van der Waals surface area contributed by atoms with Gasteiger partial charge < -0.3 is 4.74 Å². The molecular formula is C17H18FNO4S. The fourth-order valence-electron chi connectivity index (χ4n) is 2.02. The number of benzene rings is 2. The first-order valence-electron chi connectivity index (χ1n) is 7.33. The van der Waals surface area contributed by atoms with Gasteiger partial charge in [0.15, 0.2) is 0 Å². The molecule has 2 rings (SSSR count). The van der Waals surface area contributed by atoms with Crippen molar-refractivity contribution in [1.29, 1.82) is 0 Å². The molecule has 0 fully saturated rings. The van der Waals surface area contributed by atoms with Crippen LogP contribution in [0.2, 0.25) is 0 Å². The normalized spacial score (nSPS) is 11.2. The summed E-state index contributed by atoms with van der Waals surface area (Å²) in [5.41, 5.74) is 1.55.